The van der Waals surface area contributed by atoms with Crippen LogP contribution >= 0.6 is 0 Å². The molecule has 0 N–H and O–H groups in total. The van der Waals surface area contributed by atoms with E-state index in [1.54, 1.807) is 0 Å². The lowest BCUT2D eigenvalue weighted by atomic mass is 10.0. The highest BCUT2D eigenvalue weighted by atomic mass is 15.3. The largest absolute Gasteiger partial charge is 0.354 e. The first-order valence-electron chi connectivity index (χ1n) is 9.25. The predicted octanol–water partition coefficient (Wildman–Crippen LogP) is 1.89. The molecule has 1 saturated carbocycles. The number of nitrogens with zero attached hydrogens (tertiary/aromatic N) is 7. The third-order valence-corrected chi connectivity index (χ3v) is 5.46. The molecule has 134 valence electrons. The van der Waals surface area contributed by atoms with E-state index in [-0.39, 0.29) is 0 Å². The van der Waals surface area contributed by atoms with Gasteiger partial charge in [-0.3, -0.25) is 4.90 Å². The third-order valence-electron chi connectivity index (χ3n) is 5.46. The maximum atomic E-state index is 4.43. The van der Waals surface area contributed by atoms with Crippen LogP contribution in [0.15, 0.2) is 12.1 Å². The van der Waals surface area contributed by atoms with Crippen LogP contribution in [0.1, 0.15) is 48.9 Å². The molecule has 1 atom stereocenters. The minimum absolute atomic E-state index is 0.498. The molecular formula is C18H27N7. The monoisotopic (exact) mass is 341 g/mol. The Labute approximate surface area is 149 Å². The van der Waals surface area contributed by atoms with Gasteiger partial charge < -0.3 is 9.47 Å². The SMILES string of the molecule is Cc1ccc(N2CCCC(N(C)Cc3nnc(C4CC4)n3C)C2)nn1. The van der Waals surface area contributed by atoms with Gasteiger partial charge >= 0.3 is 0 Å². The van der Waals surface area contributed by atoms with Crippen LogP contribution in [0, 0.1) is 6.92 Å². The van der Waals surface area contributed by atoms with Gasteiger partial charge in [0.25, 0.3) is 0 Å². The Morgan fingerprint density at radius 3 is 2.68 bits per heavy atom. The average molecular weight is 341 g/mol. The molecule has 2 fully saturated rings. The van der Waals surface area contributed by atoms with Gasteiger partial charge in [-0.2, -0.15) is 5.10 Å². The molecule has 0 radical (unpaired) electrons. The second kappa shape index (κ2) is 6.71. The first-order valence-corrected chi connectivity index (χ1v) is 9.25. The van der Waals surface area contributed by atoms with Crippen molar-refractivity contribution in [3.05, 3.63) is 29.5 Å². The molecule has 1 aliphatic heterocycles. The molecule has 2 aliphatic rings. The van der Waals surface area contributed by atoms with E-state index in [1.165, 1.54) is 25.7 Å². The number of likely N-dealkylation sites (N-methyl/N-ethyl adjacent to an activating group) is 1. The first kappa shape index (κ1) is 16.4. The lowest BCUT2D eigenvalue weighted by Crippen LogP contribution is -2.46. The number of hydrogen-bond acceptors (Lipinski definition) is 6. The van der Waals surface area contributed by atoms with Crippen LogP contribution in [-0.4, -0.2) is 56.0 Å². The molecular weight excluding hydrogens is 314 g/mol. The summed E-state index contributed by atoms with van der Waals surface area (Å²) in [5.74, 6) is 3.85. The highest BCUT2D eigenvalue weighted by molar-refractivity contribution is 5.38. The van der Waals surface area contributed by atoms with Crippen LogP contribution in [0.2, 0.25) is 0 Å². The van der Waals surface area contributed by atoms with Crippen molar-refractivity contribution in [2.75, 3.05) is 25.0 Å². The molecule has 1 aliphatic carbocycles. The maximum Gasteiger partial charge on any atom is 0.151 e. The van der Waals surface area contributed by atoms with Crippen LogP contribution in [0.5, 0.6) is 0 Å². The summed E-state index contributed by atoms with van der Waals surface area (Å²) in [6.45, 7) is 4.86. The van der Waals surface area contributed by atoms with Crippen molar-refractivity contribution in [3.8, 4) is 0 Å². The average Bonchev–Trinajstić information content (AvgIpc) is 3.41. The van der Waals surface area contributed by atoms with E-state index in [2.05, 4.69) is 54.9 Å². The molecule has 2 aromatic rings. The van der Waals surface area contributed by atoms with Gasteiger partial charge in [0.2, 0.25) is 0 Å². The number of anilines is 1. The Morgan fingerprint density at radius 2 is 1.96 bits per heavy atom. The van der Waals surface area contributed by atoms with Crippen molar-refractivity contribution >= 4 is 5.82 Å². The summed E-state index contributed by atoms with van der Waals surface area (Å²) in [7, 11) is 4.30. The Balaban J connectivity index is 1.41. The molecule has 1 saturated heterocycles. The molecule has 7 nitrogen and oxygen atoms in total. The van der Waals surface area contributed by atoms with E-state index in [4.69, 9.17) is 0 Å². The first-order chi connectivity index (χ1) is 12.1. The highest BCUT2D eigenvalue weighted by Gasteiger charge is 2.30. The van der Waals surface area contributed by atoms with Gasteiger partial charge in [-0.1, -0.05) is 0 Å². The summed E-state index contributed by atoms with van der Waals surface area (Å²) < 4.78 is 2.19. The van der Waals surface area contributed by atoms with Crippen molar-refractivity contribution < 1.29 is 0 Å². The fraction of sp³-hybridized carbons (Fsp3) is 0.667. The summed E-state index contributed by atoms with van der Waals surface area (Å²) >= 11 is 0. The molecule has 0 bridgehead atoms. The number of aryl methyl sites for hydroxylation is 1. The second-order valence-electron chi connectivity index (χ2n) is 7.50. The van der Waals surface area contributed by atoms with E-state index in [9.17, 15) is 0 Å². The van der Waals surface area contributed by atoms with E-state index in [0.29, 0.717) is 12.0 Å². The van der Waals surface area contributed by atoms with Crippen LogP contribution in [-0.2, 0) is 13.6 Å². The third kappa shape index (κ3) is 3.51. The summed E-state index contributed by atoms with van der Waals surface area (Å²) in [5.41, 5.74) is 0.961. The van der Waals surface area contributed by atoms with Gasteiger partial charge in [0.15, 0.2) is 5.82 Å². The Bertz CT molecular complexity index is 720. The lowest BCUT2D eigenvalue weighted by molar-refractivity contribution is 0.201. The molecule has 4 rings (SSSR count). The van der Waals surface area contributed by atoms with Crippen LogP contribution in [0.4, 0.5) is 5.82 Å². The van der Waals surface area contributed by atoms with E-state index in [0.717, 1.165) is 42.8 Å². The molecule has 2 aromatic heterocycles. The van der Waals surface area contributed by atoms with Gasteiger partial charge in [0, 0.05) is 32.1 Å². The van der Waals surface area contributed by atoms with Crippen LogP contribution in [0.25, 0.3) is 0 Å². The highest BCUT2D eigenvalue weighted by Crippen LogP contribution is 2.38. The molecule has 25 heavy (non-hydrogen) atoms. The second-order valence-corrected chi connectivity index (χ2v) is 7.50. The van der Waals surface area contributed by atoms with E-state index in [1.807, 2.05) is 13.0 Å². The molecule has 0 aromatic carbocycles. The van der Waals surface area contributed by atoms with Crippen molar-refractivity contribution in [2.24, 2.45) is 7.05 Å². The normalized spacial score (nSPS) is 21.1. The summed E-state index contributed by atoms with van der Waals surface area (Å²) in [5, 5.41) is 17.4. The molecule has 0 amide bonds. The minimum Gasteiger partial charge on any atom is -0.354 e. The zero-order valence-electron chi connectivity index (χ0n) is 15.4. The van der Waals surface area contributed by atoms with Gasteiger partial charge in [0.1, 0.15) is 11.6 Å². The van der Waals surface area contributed by atoms with Crippen molar-refractivity contribution in [1.82, 2.24) is 29.9 Å². The van der Waals surface area contributed by atoms with Gasteiger partial charge in [-0.15, -0.1) is 15.3 Å². The smallest absolute Gasteiger partial charge is 0.151 e. The van der Waals surface area contributed by atoms with Gasteiger partial charge in [0.05, 0.1) is 12.2 Å². The van der Waals surface area contributed by atoms with Gasteiger partial charge in [-0.05, 0) is 51.8 Å². The van der Waals surface area contributed by atoms with Crippen LogP contribution in [0.3, 0.4) is 0 Å². The zero-order chi connectivity index (χ0) is 17.4. The Kier molecular flexibility index (Phi) is 4.41. The summed E-state index contributed by atoms with van der Waals surface area (Å²) in [4.78, 5) is 4.76. The topological polar surface area (TPSA) is 63.0 Å². The lowest BCUT2D eigenvalue weighted by Gasteiger charge is -2.37. The van der Waals surface area contributed by atoms with Crippen LogP contribution < -0.4 is 4.90 Å². The minimum atomic E-state index is 0.498. The predicted molar refractivity (Wildman–Crippen MR) is 96.4 cm³/mol. The fourth-order valence-electron chi connectivity index (χ4n) is 3.65. The van der Waals surface area contributed by atoms with Crippen molar-refractivity contribution in [1.29, 1.82) is 0 Å². The standard InChI is InChI=1S/C18H27N7/c1-13-6-9-16(20-19-13)25-10-4-5-15(11-25)23(2)12-17-21-22-18(24(17)3)14-7-8-14/h6,9,14-15H,4-5,7-8,10-12H2,1-3H3. The van der Waals surface area contributed by atoms with E-state index < -0.39 is 0 Å². The molecule has 0 spiro atoms. The Hall–Kier alpha value is -2.02. The number of aromatic nitrogens is 5. The maximum absolute atomic E-state index is 4.43. The molecule has 1 unspecified atom stereocenters. The quantitative estimate of drug-likeness (QED) is 0.828. The summed E-state index contributed by atoms with van der Waals surface area (Å²) in [6.07, 6.45) is 4.91. The van der Waals surface area contributed by atoms with Gasteiger partial charge in [-0.25, -0.2) is 0 Å². The Morgan fingerprint density at radius 1 is 1.12 bits per heavy atom. The van der Waals surface area contributed by atoms with Crippen molar-refractivity contribution in [3.63, 3.8) is 0 Å². The molecule has 3 heterocycles. The number of piperidine rings is 1. The zero-order valence-corrected chi connectivity index (χ0v) is 15.4. The fourth-order valence-corrected chi connectivity index (χ4v) is 3.65. The van der Waals surface area contributed by atoms with Crippen molar-refractivity contribution in [2.45, 2.75) is 51.1 Å². The molecule has 7 heteroatoms. The number of hydrogen-bond donors (Lipinski definition) is 0. The van der Waals surface area contributed by atoms with E-state index >= 15 is 0 Å². The summed E-state index contributed by atoms with van der Waals surface area (Å²) in [6, 6.07) is 4.61. The number of rotatable bonds is 5.